The van der Waals surface area contributed by atoms with Crippen LogP contribution in [-0.2, 0) is 5.75 Å². The fourth-order valence-corrected chi connectivity index (χ4v) is 4.56. The van der Waals surface area contributed by atoms with Crippen LogP contribution in [0.2, 0.25) is 5.02 Å². The van der Waals surface area contributed by atoms with Gasteiger partial charge in [0.1, 0.15) is 11.4 Å². The summed E-state index contributed by atoms with van der Waals surface area (Å²) in [6.45, 7) is 2.05. The van der Waals surface area contributed by atoms with Crippen LogP contribution in [-0.4, -0.2) is 31.3 Å². The van der Waals surface area contributed by atoms with Crippen molar-refractivity contribution < 1.29 is 4.74 Å². The molecule has 3 aromatic heterocycles. The number of thioether (sulfide) groups is 1. The Hall–Kier alpha value is -3.62. The molecule has 0 saturated heterocycles. The highest BCUT2D eigenvalue weighted by Crippen LogP contribution is 2.30. The lowest BCUT2D eigenvalue weighted by Crippen LogP contribution is -2.15. The highest BCUT2D eigenvalue weighted by molar-refractivity contribution is 7.98. The number of hydrogen-bond acceptors (Lipinski definition) is 6. The van der Waals surface area contributed by atoms with Crippen molar-refractivity contribution >= 4 is 29.0 Å². The van der Waals surface area contributed by atoms with Gasteiger partial charge < -0.3 is 4.74 Å². The minimum absolute atomic E-state index is 0.179. The average Bonchev–Trinajstić information content (AvgIpc) is 3.27. The van der Waals surface area contributed by atoms with Crippen LogP contribution < -0.4 is 10.3 Å². The number of fused-ring (bicyclic) bond motifs is 1. The Morgan fingerprint density at radius 3 is 2.50 bits per heavy atom. The van der Waals surface area contributed by atoms with Crippen LogP contribution in [0, 0.1) is 6.92 Å². The summed E-state index contributed by atoms with van der Waals surface area (Å²) < 4.78 is 8.74. The normalized spacial score (nSPS) is 11.1. The van der Waals surface area contributed by atoms with Crippen molar-refractivity contribution in [3.8, 4) is 22.8 Å². The van der Waals surface area contributed by atoms with Gasteiger partial charge in [-0.25, -0.2) is 4.98 Å². The first-order chi connectivity index (χ1) is 16.5. The minimum Gasteiger partial charge on any atom is -0.497 e. The monoisotopic (exact) mass is 489 g/mol. The summed E-state index contributed by atoms with van der Waals surface area (Å²) in [5.41, 5.74) is 4.05. The number of hydrogen-bond donors (Lipinski definition) is 0. The molecule has 0 amide bonds. The van der Waals surface area contributed by atoms with Gasteiger partial charge in [-0.2, -0.15) is 0 Å². The van der Waals surface area contributed by atoms with Crippen LogP contribution in [0.5, 0.6) is 5.75 Å². The van der Waals surface area contributed by atoms with Crippen LogP contribution in [0.3, 0.4) is 0 Å². The zero-order chi connectivity index (χ0) is 23.7. The second-order valence-corrected chi connectivity index (χ2v) is 9.03. The van der Waals surface area contributed by atoms with Crippen LogP contribution in [0.1, 0.15) is 11.3 Å². The molecule has 0 spiro atoms. The molecule has 0 aliphatic carbocycles. The molecule has 0 radical (unpaired) electrons. The van der Waals surface area contributed by atoms with Gasteiger partial charge in [-0.1, -0.05) is 41.1 Å². The zero-order valence-corrected chi connectivity index (χ0v) is 20.0. The fraction of sp³-hybridized carbons (Fsp3) is 0.120. The molecule has 5 aromatic rings. The molecule has 0 bridgehead atoms. The molecule has 34 heavy (non-hydrogen) atoms. The summed E-state index contributed by atoms with van der Waals surface area (Å²) in [5, 5.41) is 10.1. The summed E-state index contributed by atoms with van der Waals surface area (Å²) in [4.78, 5) is 17.1. The number of halogens is 1. The Kier molecular flexibility index (Phi) is 6.08. The van der Waals surface area contributed by atoms with E-state index in [1.165, 1.54) is 22.2 Å². The second-order valence-electron chi connectivity index (χ2n) is 7.66. The van der Waals surface area contributed by atoms with E-state index in [4.69, 9.17) is 16.3 Å². The van der Waals surface area contributed by atoms with Gasteiger partial charge >= 0.3 is 0 Å². The van der Waals surface area contributed by atoms with E-state index in [9.17, 15) is 4.79 Å². The Balaban J connectivity index is 1.51. The molecule has 0 aliphatic heterocycles. The van der Waals surface area contributed by atoms with Gasteiger partial charge in [0, 0.05) is 29.3 Å². The molecule has 0 fully saturated rings. The third-order valence-corrected chi connectivity index (χ3v) is 6.49. The lowest BCUT2D eigenvalue weighted by Gasteiger charge is -2.11. The van der Waals surface area contributed by atoms with Crippen molar-refractivity contribution in [3.05, 3.63) is 99.6 Å². The van der Waals surface area contributed by atoms with Gasteiger partial charge in [0.05, 0.1) is 17.8 Å². The van der Waals surface area contributed by atoms with Gasteiger partial charge in [-0.05, 0) is 55.5 Å². The number of nitrogens with zero attached hydrogens (tertiary/aromatic N) is 5. The molecule has 0 saturated carbocycles. The first-order valence-corrected chi connectivity index (χ1v) is 11.9. The van der Waals surface area contributed by atoms with Gasteiger partial charge in [0.2, 0.25) is 0 Å². The van der Waals surface area contributed by atoms with Gasteiger partial charge in [0.25, 0.3) is 5.56 Å². The highest BCUT2D eigenvalue weighted by atomic mass is 35.5. The van der Waals surface area contributed by atoms with Crippen LogP contribution in [0.25, 0.3) is 22.7 Å². The smallest absolute Gasteiger partial charge is 0.258 e. The lowest BCUT2D eigenvalue weighted by atomic mass is 10.2. The number of ether oxygens (including phenoxy) is 1. The maximum atomic E-state index is 12.5. The van der Waals surface area contributed by atoms with Gasteiger partial charge in [-0.3, -0.25) is 13.8 Å². The summed E-state index contributed by atoms with van der Waals surface area (Å²) >= 11 is 7.48. The molecule has 3 heterocycles. The molecule has 9 heteroatoms. The highest BCUT2D eigenvalue weighted by Gasteiger charge is 2.17. The average molecular weight is 490 g/mol. The molecule has 170 valence electrons. The van der Waals surface area contributed by atoms with E-state index in [2.05, 4.69) is 27.3 Å². The van der Waals surface area contributed by atoms with E-state index in [0.717, 1.165) is 28.4 Å². The van der Waals surface area contributed by atoms with Crippen molar-refractivity contribution in [3.63, 3.8) is 0 Å². The van der Waals surface area contributed by atoms with E-state index < -0.39 is 0 Å². The Labute approximate surface area is 205 Å². The molecule has 2 aromatic carbocycles. The van der Waals surface area contributed by atoms with Gasteiger partial charge in [-0.15, -0.1) is 10.2 Å². The largest absolute Gasteiger partial charge is 0.497 e. The van der Waals surface area contributed by atoms with Crippen molar-refractivity contribution in [1.29, 1.82) is 0 Å². The first kappa shape index (κ1) is 22.2. The number of pyridine rings is 1. The quantitative estimate of drug-likeness (QED) is 0.305. The lowest BCUT2D eigenvalue weighted by molar-refractivity contribution is 0.415. The number of aromatic nitrogens is 5. The standard InChI is InChI=1S/C25H20ClN5O2S/c1-16-3-8-20(9-4-16)31-24(17-5-10-21(33-2)11-6-17)28-29-25(31)34-15-19-13-23(32)30-14-18(26)7-12-22(30)27-19/h3-14H,15H2,1-2H3. The number of benzene rings is 2. The van der Waals surface area contributed by atoms with Crippen molar-refractivity contribution in [2.75, 3.05) is 7.11 Å². The predicted octanol–water partition coefficient (Wildman–Crippen LogP) is 5.20. The number of methoxy groups -OCH3 is 1. The third-order valence-electron chi connectivity index (χ3n) is 5.30. The van der Waals surface area contributed by atoms with Crippen molar-refractivity contribution in [2.45, 2.75) is 17.8 Å². The van der Waals surface area contributed by atoms with E-state index in [1.54, 1.807) is 25.4 Å². The molecular formula is C25H20ClN5O2S. The molecule has 0 aliphatic rings. The van der Waals surface area contributed by atoms with E-state index in [1.807, 2.05) is 47.9 Å². The van der Waals surface area contributed by atoms with Crippen LogP contribution in [0.15, 0.2) is 82.9 Å². The topological polar surface area (TPSA) is 74.3 Å². The maximum absolute atomic E-state index is 12.5. The van der Waals surface area contributed by atoms with Crippen LogP contribution in [0.4, 0.5) is 0 Å². The third kappa shape index (κ3) is 4.42. The fourth-order valence-electron chi connectivity index (χ4n) is 3.56. The first-order valence-electron chi connectivity index (χ1n) is 10.5. The summed E-state index contributed by atoms with van der Waals surface area (Å²) in [6.07, 6.45) is 1.57. The minimum atomic E-state index is -0.179. The maximum Gasteiger partial charge on any atom is 0.258 e. The summed E-state index contributed by atoms with van der Waals surface area (Å²) in [6, 6.07) is 20.9. The van der Waals surface area contributed by atoms with Crippen molar-refractivity contribution in [2.24, 2.45) is 0 Å². The molecule has 7 nitrogen and oxygen atoms in total. The summed E-state index contributed by atoms with van der Waals surface area (Å²) in [5.74, 6) is 1.95. The summed E-state index contributed by atoms with van der Waals surface area (Å²) in [7, 11) is 1.64. The zero-order valence-electron chi connectivity index (χ0n) is 18.5. The van der Waals surface area contributed by atoms with Gasteiger partial charge in [0.15, 0.2) is 11.0 Å². The Morgan fingerprint density at radius 2 is 1.76 bits per heavy atom. The van der Waals surface area contributed by atoms with E-state index in [-0.39, 0.29) is 5.56 Å². The van der Waals surface area contributed by atoms with E-state index >= 15 is 0 Å². The SMILES string of the molecule is COc1ccc(-c2nnc(SCc3cc(=O)n4cc(Cl)ccc4n3)n2-c2ccc(C)cc2)cc1. The Bertz CT molecular complexity index is 1530. The molecule has 0 N–H and O–H groups in total. The Morgan fingerprint density at radius 1 is 1.00 bits per heavy atom. The molecule has 0 atom stereocenters. The van der Waals surface area contributed by atoms with Crippen molar-refractivity contribution in [1.82, 2.24) is 24.1 Å². The molecule has 0 unspecified atom stereocenters. The molecular weight excluding hydrogens is 470 g/mol. The number of rotatable bonds is 6. The molecule has 5 rings (SSSR count). The number of aryl methyl sites for hydroxylation is 1. The van der Waals surface area contributed by atoms with E-state index in [0.29, 0.717) is 27.3 Å². The van der Waals surface area contributed by atoms with Crippen LogP contribution >= 0.6 is 23.4 Å². The second kappa shape index (κ2) is 9.32. The predicted molar refractivity (Wildman–Crippen MR) is 134 cm³/mol.